The highest BCUT2D eigenvalue weighted by molar-refractivity contribution is 5.82. The number of carbonyl (C=O) groups is 2. The van der Waals surface area contributed by atoms with Crippen molar-refractivity contribution in [2.75, 3.05) is 36.6 Å². The summed E-state index contributed by atoms with van der Waals surface area (Å²) in [4.78, 5) is 25.0. The summed E-state index contributed by atoms with van der Waals surface area (Å²) in [6.45, 7) is 9.12. The summed E-state index contributed by atoms with van der Waals surface area (Å²) in [6, 6.07) is 0. The Morgan fingerprint density at radius 2 is 2.00 bits per heavy atom. The van der Waals surface area contributed by atoms with Crippen molar-refractivity contribution < 1.29 is 33.1 Å². The molecule has 0 radical (unpaired) electrons. The van der Waals surface area contributed by atoms with Crippen molar-refractivity contribution in [1.82, 2.24) is 5.27 Å². The molecule has 0 bridgehead atoms. The van der Waals surface area contributed by atoms with Crippen LogP contribution >= 0.6 is 0 Å². The van der Waals surface area contributed by atoms with Gasteiger partial charge in [0.2, 0.25) is 11.6 Å². The fraction of sp³-hybridized carbons (Fsp3) is 0.714. The first-order chi connectivity index (χ1) is 11.3. The zero-order chi connectivity index (χ0) is 17.7. The first-order valence-corrected chi connectivity index (χ1v) is 7.66. The maximum absolute atomic E-state index is 11.8. The lowest BCUT2D eigenvalue weighted by atomic mass is 9.97. The summed E-state index contributed by atoms with van der Waals surface area (Å²) in [5.74, 6) is -0.353. The summed E-state index contributed by atoms with van der Waals surface area (Å²) < 4.78 is 20.2. The van der Waals surface area contributed by atoms with Crippen LogP contribution in [0.15, 0.2) is 10.7 Å². The molecule has 2 heterocycles. The van der Waals surface area contributed by atoms with E-state index in [-0.39, 0.29) is 5.88 Å². The van der Waals surface area contributed by atoms with Crippen LogP contribution < -0.4 is 15.1 Å². The molecule has 0 spiro atoms. The highest BCUT2D eigenvalue weighted by atomic mass is 16.7. The van der Waals surface area contributed by atoms with Crippen LogP contribution in [0.5, 0.6) is 0 Å². The third-order valence-corrected chi connectivity index (χ3v) is 3.12. The molecule has 10 heteroatoms. The molecule has 134 valence electrons. The van der Waals surface area contributed by atoms with E-state index in [1.165, 1.54) is 17.9 Å². The van der Waals surface area contributed by atoms with Crippen molar-refractivity contribution in [2.24, 2.45) is 5.41 Å². The molecular weight excluding hydrogens is 320 g/mol. The van der Waals surface area contributed by atoms with Gasteiger partial charge in [-0.05, 0) is 20.8 Å². The van der Waals surface area contributed by atoms with Gasteiger partial charge in [0.1, 0.15) is 0 Å². The van der Waals surface area contributed by atoms with Crippen molar-refractivity contribution in [3.63, 3.8) is 0 Å². The van der Waals surface area contributed by atoms with E-state index in [0.717, 1.165) is 0 Å². The quantitative estimate of drug-likeness (QED) is 0.476. The molecule has 1 aromatic heterocycles. The largest absolute Gasteiger partial charge is 0.425 e. The predicted octanol–water partition coefficient (Wildman–Crippen LogP) is 0.414. The van der Waals surface area contributed by atoms with Gasteiger partial charge in [-0.3, -0.25) is 14.6 Å². The number of nitrogens with zero attached hydrogens (tertiary/aromatic N) is 3. The Balaban J connectivity index is 1.82. The third-order valence-electron chi connectivity index (χ3n) is 3.12. The molecule has 0 aliphatic carbocycles. The van der Waals surface area contributed by atoms with Crippen LogP contribution in [0.3, 0.4) is 0 Å². The Bertz CT molecular complexity index is 576. The fourth-order valence-corrected chi connectivity index (χ4v) is 1.82. The molecule has 1 fully saturated rings. The maximum Gasteiger partial charge on any atom is 0.417 e. The Hall–Kier alpha value is -2.36. The van der Waals surface area contributed by atoms with Gasteiger partial charge in [0.25, 0.3) is 6.20 Å². The number of aromatic nitrogens is 2. The zero-order valence-electron chi connectivity index (χ0n) is 14.3. The summed E-state index contributed by atoms with van der Waals surface area (Å²) in [5, 5.41) is 8.09. The van der Waals surface area contributed by atoms with Gasteiger partial charge in [-0.2, -0.15) is 0 Å². The topological polar surface area (TPSA) is 107 Å². The number of rotatable bonds is 4. The van der Waals surface area contributed by atoms with E-state index in [9.17, 15) is 9.59 Å². The summed E-state index contributed by atoms with van der Waals surface area (Å²) >= 11 is 0. The summed E-state index contributed by atoms with van der Waals surface area (Å²) in [5.41, 5.74) is -0.678. The van der Waals surface area contributed by atoms with Crippen LogP contribution in [0.2, 0.25) is 0 Å². The number of morpholine rings is 1. The minimum atomic E-state index is -1.02. The van der Waals surface area contributed by atoms with Gasteiger partial charge in [-0.1, -0.05) is 0 Å². The lowest BCUT2D eigenvalue weighted by Crippen LogP contribution is -2.62. The molecule has 2 rings (SSSR count). The monoisotopic (exact) mass is 343 g/mol. The molecule has 1 aromatic rings. The van der Waals surface area contributed by atoms with Crippen molar-refractivity contribution in [1.29, 1.82) is 0 Å². The second-order valence-corrected chi connectivity index (χ2v) is 6.31. The molecule has 24 heavy (non-hydrogen) atoms. The number of hydrogen-bond acceptors (Lipinski definition) is 8. The van der Waals surface area contributed by atoms with E-state index in [0.29, 0.717) is 26.3 Å². The minimum Gasteiger partial charge on any atom is -0.425 e. The van der Waals surface area contributed by atoms with E-state index in [1.54, 1.807) is 20.8 Å². The Kier molecular flexibility index (Phi) is 5.60. The number of amides is 1. The predicted molar refractivity (Wildman–Crippen MR) is 80.6 cm³/mol. The van der Waals surface area contributed by atoms with Gasteiger partial charge in [0.15, 0.2) is 0 Å². The average molecular weight is 343 g/mol. The molecule has 1 aliphatic heterocycles. The van der Waals surface area contributed by atoms with E-state index in [1.807, 2.05) is 5.01 Å². The summed E-state index contributed by atoms with van der Waals surface area (Å²) in [6.07, 6.45) is -0.321. The molecule has 1 unspecified atom stereocenters. The fourth-order valence-electron chi connectivity index (χ4n) is 1.82. The van der Waals surface area contributed by atoms with Gasteiger partial charge >= 0.3 is 17.9 Å². The first-order valence-electron chi connectivity index (χ1n) is 7.66. The van der Waals surface area contributed by atoms with Crippen molar-refractivity contribution in [3.8, 4) is 0 Å². The Morgan fingerprint density at radius 3 is 2.62 bits per heavy atom. The maximum atomic E-state index is 11.8. The molecular formula is C14H23N4O6+. The first kappa shape index (κ1) is 18.0. The smallest absolute Gasteiger partial charge is 0.417 e. The number of hydrogen-bond donors (Lipinski definition) is 1. The second-order valence-electron chi connectivity index (χ2n) is 6.31. The minimum absolute atomic E-state index is 0.112. The molecule has 0 aromatic carbocycles. The SMILES string of the molecule is CC(OC(=O)Nc1c[n+](N2CCOCC2)no1)OC(=O)C(C)(C)C. The van der Waals surface area contributed by atoms with Crippen LogP contribution in [0.4, 0.5) is 10.7 Å². The highest BCUT2D eigenvalue weighted by Gasteiger charge is 2.27. The van der Waals surface area contributed by atoms with E-state index in [4.69, 9.17) is 18.7 Å². The second kappa shape index (κ2) is 7.47. The number of anilines is 1. The molecule has 1 amide bonds. The number of carbonyl (C=O) groups excluding carboxylic acids is 2. The lowest BCUT2D eigenvalue weighted by Gasteiger charge is -2.20. The molecule has 1 saturated heterocycles. The van der Waals surface area contributed by atoms with Crippen molar-refractivity contribution in [2.45, 2.75) is 34.0 Å². The normalized spacial score (nSPS) is 16.4. The molecule has 1 N–H and O–H groups in total. The molecule has 1 atom stereocenters. The van der Waals surface area contributed by atoms with Gasteiger partial charge in [-0.15, -0.1) is 5.01 Å². The van der Waals surface area contributed by atoms with Gasteiger partial charge in [0, 0.05) is 6.92 Å². The van der Waals surface area contributed by atoms with Crippen LogP contribution in [-0.4, -0.2) is 49.9 Å². The van der Waals surface area contributed by atoms with Crippen LogP contribution in [0.1, 0.15) is 27.7 Å². The van der Waals surface area contributed by atoms with Crippen LogP contribution in [0.25, 0.3) is 0 Å². The Morgan fingerprint density at radius 1 is 1.33 bits per heavy atom. The highest BCUT2D eigenvalue weighted by Crippen LogP contribution is 2.16. The summed E-state index contributed by atoms with van der Waals surface area (Å²) in [7, 11) is 0. The number of ether oxygens (including phenoxy) is 3. The van der Waals surface area contributed by atoms with Crippen molar-refractivity contribution >= 4 is 17.9 Å². The Labute approximate surface area is 139 Å². The van der Waals surface area contributed by atoms with Crippen LogP contribution in [0, 0.1) is 5.41 Å². The molecule has 10 nitrogen and oxygen atoms in total. The zero-order valence-corrected chi connectivity index (χ0v) is 14.3. The van der Waals surface area contributed by atoms with Gasteiger partial charge in [0.05, 0.1) is 36.5 Å². The molecule has 1 aliphatic rings. The lowest BCUT2D eigenvalue weighted by molar-refractivity contribution is -0.759. The van der Waals surface area contributed by atoms with E-state index >= 15 is 0 Å². The number of esters is 1. The van der Waals surface area contributed by atoms with E-state index in [2.05, 4.69) is 10.6 Å². The van der Waals surface area contributed by atoms with E-state index < -0.39 is 23.8 Å². The third kappa shape index (κ3) is 5.08. The van der Waals surface area contributed by atoms with Gasteiger partial charge < -0.3 is 14.2 Å². The standard InChI is InChI=1S/C14H22N4O6/c1-10(22-12(19)14(2,3)4)23-13(20)15-11-9-18(16-24-11)17-5-7-21-8-6-17/h9-10H,5-8H2,1-4H3/p+1. The number of nitrogens with one attached hydrogen (secondary N) is 1. The molecule has 0 saturated carbocycles. The van der Waals surface area contributed by atoms with Gasteiger partial charge in [-0.25, -0.2) is 4.79 Å². The average Bonchev–Trinajstić information content (AvgIpc) is 2.95. The van der Waals surface area contributed by atoms with Crippen LogP contribution in [-0.2, 0) is 19.0 Å². The van der Waals surface area contributed by atoms with Crippen molar-refractivity contribution in [3.05, 3.63) is 6.20 Å².